The fourth-order valence-corrected chi connectivity index (χ4v) is 1.57. The molecule has 0 aromatic carbocycles. The van der Waals surface area contributed by atoms with Crippen molar-refractivity contribution in [2.75, 3.05) is 13.1 Å². The monoisotopic (exact) mass is 213 g/mol. The summed E-state index contributed by atoms with van der Waals surface area (Å²) in [6.45, 7) is 2.47. The summed E-state index contributed by atoms with van der Waals surface area (Å²) in [5, 5.41) is 10.7. The molecule has 4 N–H and O–H groups in total. The molecule has 1 heterocycles. The number of nitrogens with zero attached hydrogens (tertiary/aromatic N) is 3. The predicted molar refractivity (Wildman–Crippen MR) is 55.4 cm³/mol. The normalized spacial score (nSPS) is 12.7. The SMILES string of the molecule is Cc1ncc([N+](=O)[O-])n1C(CN)CCN. The Kier molecular flexibility index (Phi) is 3.75. The molecule has 0 amide bonds. The van der Waals surface area contributed by atoms with Gasteiger partial charge < -0.3 is 21.6 Å². The van der Waals surface area contributed by atoms with Gasteiger partial charge in [0.05, 0.1) is 0 Å². The van der Waals surface area contributed by atoms with E-state index < -0.39 is 4.92 Å². The molecule has 0 fully saturated rings. The molecule has 0 radical (unpaired) electrons. The lowest BCUT2D eigenvalue weighted by atomic mass is 10.2. The lowest BCUT2D eigenvalue weighted by Gasteiger charge is -2.13. The summed E-state index contributed by atoms with van der Waals surface area (Å²) < 4.78 is 1.53. The van der Waals surface area contributed by atoms with Gasteiger partial charge in [0.2, 0.25) is 0 Å². The Hall–Kier alpha value is -1.47. The van der Waals surface area contributed by atoms with Crippen LogP contribution < -0.4 is 11.5 Å². The average Bonchev–Trinajstić information content (AvgIpc) is 2.57. The van der Waals surface area contributed by atoms with Gasteiger partial charge in [-0.05, 0) is 11.5 Å². The molecule has 1 unspecified atom stereocenters. The van der Waals surface area contributed by atoms with Gasteiger partial charge in [-0.3, -0.25) is 0 Å². The van der Waals surface area contributed by atoms with Crippen LogP contribution in [0.25, 0.3) is 0 Å². The molecule has 1 atom stereocenters. The van der Waals surface area contributed by atoms with Crippen LogP contribution >= 0.6 is 0 Å². The van der Waals surface area contributed by atoms with Crippen molar-refractivity contribution < 1.29 is 4.92 Å². The Morgan fingerprint density at radius 1 is 1.67 bits per heavy atom. The smallest absolute Gasteiger partial charge is 0.343 e. The van der Waals surface area contributed by atoms with E-state index in [2.05, 4.69) is 4.98 Å². The fourth-order valence-electron chi connectivity index (χ4n) is 1.57. The molecule has 0 aliphatic carbocycles. The lowest BCUT2D eigenvalue weighted by molar-refractivity contribution is -0.392. The van der Waals surface area contributed by atoms with Gasteiger partial charge in [0, 0.05) is 19.9 Å². The number of aryl methyl sites for hydroxylation is 1. The standard InChI is InChI=1S/C8H15N5O2/c1-6-11-5-8(13(14)15)12(6)7(4-10)2-3-9/h5,7H,2-4,9-10H2,1H3. The van der Waals surface area contributed by atoms with Crippen LogP contribution in [0.15, 0.2) is 6.20 Å². The fraction of sp³-hybridized carbons (Fsp3) is 0.625. The highest BCUT2D eigenvalue weighted by Gasteiger charge is 2.24. The van der Waals surface area contributed by atoms with Crippen LogP contribution in [-0.2, 0) is 0 Å². The molecule has 0 aliphatic rings. The van der Waals surface area contributed by atoms with Crippen molar-refractivity contribution in [3.63, 3.8) is 0 Å². The second kappa shape index (κ2) is 4.85. The largest absolute Gasteiger partial charge is 0.358 e. The molecule has 0 saturated carbocycles. The Morgan fingerprint density at radius 3 is 2.80 bits per heavy atom. The Morgan fingerprint density at radius 2 is 2.33 bits per heavy atom. The number of nitro groups is 1. The van der Waals surface area contributed by atoms with Crippen molar-refractivity contribution in [2.24, 2.45) is 11.5 Å². The molecule has 84 valence electrons. The third kappa shape index (κ3) is 2.31. The summed E-state index contributed by atoms with van der Waals surface area (Å²) in [7, 11) is 0. The first-order valence-corrected chi connectivity index (χ1v) is 4.70. The van der Waals surface area contributed by atoms with Crippen molar-refractivity contribution >= 4 is 5.82 Å². The maximum absolute atomic E-state index is 10.7. The van der Waals surface area contributed by atoms with E-state index in [9.17, 15) is 10.1 Å². The molecule has 1 rings (SSSR count). The Balaban J connectivity index is 3.08. The molecule has 0 bridgehead atoms. The van der Waals surface area contributed by atoms with Crippen LogP contribution in [0.4, 0.5) is 5.82 Å². The molecule has 7 nitrogen and oxygen atoms in total. The topological polar surface area (TPSA) is 113 Å². The number of hydrogen-bond donors (Lipinski definition) is 2. The van der Waals surface area contributed by atoms with Crippen molar-refractivity contribution in [2.45, 2.75) is 19.4 Å². The van der Waals surface area contributed by atoms with E-state index in [1.54, 1.807) is 6.92 Å². The summed E-state index contributed by atoms with van der Waals surface area (Å²) in [5.74, 6) is 0.557. The number of rotatable bonds is 5. The Bertz CT molecular complexity index is 349. The predicted octanol–water partition coefficient (Wildman–Crippen LogP) is -0.0517. The van der Waals surface area contributed by atoms with Crippen LogP contribution in [0, 0.1) is 17.0 Å². The third-order valence-corrected chi connectivity index (χ3v) is 2.29. The summed E-state index contributed by atoms with van der Waals surface area (Å²) >= 11 is 0. The van der Waals surface area contributed by atoms with Crippen molar-refractivity contribution in [3.8, 4) is 0 Å². The first-order valence-electron chi connectivity index (χ1n) is 4.70. The van der Waals surface area contributed by atoms with E-state index in [4.69, 9.17) is 11.5 Å². The lowest BCUT2D eigenvalue weighted by Crippen LogP contribution is -2.24. The van der Waals surface area contributed by atoms with E-state index in [-0.39, 0.29) is 11.9 Å². The van der Waals surface area contributed by atoms with E-state index in [1.165, 1.54) is 10.8 Å². The third-order valence-electron chi connectivity index (χ3n) is 2.29. The number of nitrogens with two attached hydrogens (primary N) is 2. The zero-order valence-electron chi connectivity index (χ0n) is 8.59. The van der Waals surface area contributed by atoms with Gasteiger partial charge in [-0.2, -0.15) is 0 Å². The number of aromatic nitrogens is 2. The van der Waals surface area contributed by atoms with E-state index >= 15 is 0 Å². The van der Waals surface area contributed by atoms with Crippen LogP contribution in [0.5, 0.6) is 0 Å². The molecule has 1 aromatic heterocycles. The van der Waals surface area contributed by atoms with Gasteiger partial charge in [0.1, 0.15) is 12.2 Å². The Labute approximate surface area is 87.2 Å². The summed E-state index contributed by atoms with van der Waals surface area (Å²) in [4.78, 5) is 14.2. The summed E-state index contributed by atoms with van der Waals surface area (Å²) in [5.41, 5.74) is 11.0. The number of hydrogen-bond acceptors (Lipinski definition) is 5. The van der Waals surface area contributed by atoms with E-state index in [0.717, 1.165) is 0 Å². The minimum absolute atomic E-state index is 0.0311. The van der Waals surface area contributed by atoms with Gasteiger partial charge in [-0.25, -0.2) is 9.55 Å². The highest BCUT2D eigenvalue weighted by Crippen LogP contribution is 2.21. The molecule has 0 spiro atoms. The van der Waals surface area contributed by atoms with Gasteiger partial charge in [-0.1, -0.05) is 0 Å². The molecule has 7 heteroatoms. The highest BCUT2D eigenvalue weighted by molar-refractivity contribution is 5.20. The second-order valence-electron chi connectivity index (χ2n) is 3.26. The molecule has 0 aliphatic heterocycles. The minimum Gasteiger partial charge on any atom is -0.358 e. The first-order chi connectivity index (χ1) is 7.11. The van der Waals surface area contributed by atoms with Gasteiger partial charge in [0.25, 0.3) is 0 Å². The second-order valence-corrected chi connectivity index (χ2v) is 3.26. The highest BCUT2D eigenvalue weighted by atomic mass is 16.6. The minimum atomic E-state index is -0.459. The molecular weight excluding hydrogens is 198 g/mol. The average molecular weight is 213 g/mol. The molecular formula is C8H15N5O2. The van der Waals surface area contributed by atoms with Crippen LogP contribution in [0.1, 0.15) is 18.3 Å². The van der Waals surface area contributed by atoms with Gasteiger partial charge >= 0.3 is 5.82 Å². The zero-order valence-corrected chi connectivity index (χ0v) is 8.59. The van der Waals surface area contributed by atoms with Gasteiger partial charge in [-0.15, -0.1) is 0 Å². The van der Waals surface area contributed by atoms with Crippen molar-refractivity contribution in [3.05, 3.63) is 22.1 Å². The zero-order chi connectivity index (χ0) is 11.4. The summed E-state index contributed by atoms with van der Waals surface area (Å²) in [6, 6.07) is -0.155. The molecule has 0 saturated heterocycles. The van der Waals surface area contributed by atoms with Crippen molar-refractivity contribution in [1.82, 2.24) is 9.55 Å². The quantitative estimate of drug-likeness (QED) is 0.525. The van der Waals surface area contributed by atoms with E-state index in [1.807, 2.05) is 0 Å². The molecule has 1 aromatic rings. The van der Waals surface area contributed by atoms with E-state index in [0.29, 0.717) is 25.3 Å². The van der Waals surface area contributed by atoms with Crippen molar-refractivity contribution in [1.29, 1.82) is 0 Å². The van der Waals surface area contributed by atoms with Crippen LogP contribution in [-0.4, -0.2) is 27.6 Å². The van der Waals surface area contributed by atoms with Gasteiger partial charge in [0.15, 0.2) is 5.82 Å². The maximum Gasteiger partial charge on any atom is 0.343 e. The number of imidazole rings is 1. The summed E-state index contributed by atoms with van der Waals surface area (Å²) in [6.07, 6.45) is 1.85. The van der Waals surface area contributed by atoms with Crippen LogP contribution in [0.3, 0.4) is 0 Å². The van der Waals surface area contributed by atoms with Crippen LogP contribution in [0.2, 0.25) is 0 Å². The maximum atomic E-state index is 10.7. The first kappa shape index (κ1) is 11.6. The molecule has 15 heavy (non-hydrogen) atoms.